The van der Waals surface area contributed by atoms with E-state index < -0.39 is 5.41 Å². The summed E-state index contributed by atoms with van der Waals surface area (Å²) in [7, 11) is 1.65. The first-order valence-corrected chi connectivity index (χ1v) is 12.0. The number of methoxy groups -OCH3 is 1. The van der Waals surface area contributed by atoms with E-state index >= 15 is 0 Å². The maximum absolute atomic E-state index is 13.4. The Kier molecular flexibility index (Phi) is 7.65. The Bertz CT molecular complexity index is 976. The number of aryl methyl sites for hydroxylation is 1. The average molecular weight is 451 g/mol. The van der Waals surface area contributed by atoms with Crippen molar-refractivity contribution in [3.8, 4) is 5.75 Å². The van der Waals surface area contributed by atoms with Gasteiger partial charge in [0.05, 0.1) is 18.6 Å². The van der Waals surface area contributed by atoms with Crippen molar-refractivity contribution in [3.05, 3.63) is 65.2 Å². The molecule has 0 aliphatic carbocycles. The molecule has 33 heavy (non-hydrogen) atoms. The number of carbonyl (C=O) groups is 2. The molecule has 6 heteroatoms. The van der Waals surface area contributed by atoms with E-state index in [1.165, 1.54) is 5.56 Å². The molecule has 0 aromatic heterocycles. The molecule has 0 radical (unpaired) electrons. The number of rotatable bonds is 3. The van der Waals surface area contributed by atoms with Crippen molar-refractivity contribution in [1.29, 1.82) is 0 Å². The van der Waals surface area contributed by atoms with Gasteiger partial charge in [0.2, 0.25) is 5.91 Å². The van der Waals surface area contributed by atoms with Gasteiger partial charge in [0.25, 0.3) is 5.91 Å². The summed E-state index contributed by atoms with van der Waals surface area (Å²) in [5.41, 5.74) is 2.30. The van der Waals surface area contributed by atoms with Crippen LogP contribution in [0.25, 0.3) is 0 Å². The molecular formula is C27H34N2O4. The number of likely N-dealkylation sites (tertiary alicyclic amines) is 1. The lowest BCUT2D eigenvalue weighted by Crippen LogP contribution is -2.54. The zero-order chi connectivity index (χ0) is 23.1. The third-order valence-electron chi connectivity index (χ3n) is 6.80. The molecule has 1 unspecified atom stereocenters. The smallest absolute Gasteiger partial charge is 0.253 e. The van der Waals surface area contributed by atoms with Crippen LogP contribution in [0.5, 0.6) is 5.75 Å². The van der Waals surface area contributed by atoms with Crippen molar-refractivity contribution in [2.24, 2.45) is 5.41 Å². The van der Waals surface area contributed by atoms with Crippen LogP contribution >= 0.6 is 0 Å². The lowest BCUT2D eigenvalue weighted by Gasteiger charge is -2.42. The van der Waals surface area contributed by atoms with Gasteiger partial charge in [0.15, 0.2) is 0 Å². The standard InChI is InChI=1S/C27H34N2O4/c1-32-19-21-8-6-11-23(18-21)25(30)29-16-7-14-27(20-29)13-5-4-10-22-9-2-3-12-24(22)33-17-15-28-26(27)31/h2-3,6,8-9,11-12,18H,4-5,7,10,13-17,19-20H2,1H3,(H,28,31). The number of ether oxygens (including phenoxy) is 2. The fourth-order valence-electron chi connectivity index (χ4n) is 5.09. The summed E-state index contributed by atoms with van der Waals surface area (Å²) in [6, 6.07) is 15.7. The Morgan fingerprint density at radius 2 is 1.97 bits per heavy atom. The van der Waals surface area contributed by atoms with Gasteiger partial charge in [-0.1, -0.05) is 36.8 Å². The minimum absolute atomic E-state index is 0.0109. The van der Waals surface area contributed by atoms with Gasteiger partial charge in [-0.3, -0.25) is 9.59 Å². The SMILES string of the molecule is COCc1cccc(C(=O)N2CCCC3(CCCCc4ccccc4OCCNC3=O)C2)c1. The summed E-state index contributed by atoms with van der Waals surface area (Å²) in [5.74, 6) is 0.945. The molecule has 2 aromatic carbocycles. The van der Waals surface area contributed by atoms with Crippen molar-refractivity contribution >= 4 is 11.8 Å². The molecule has 1 saturated heterocycles. The molecule has 2 aliphatic heterocycles. The van der Waals surface area contributed by atoms with Crippen LogP contribution < -0.4 is 10.1 Å². The zero-order valence-electron chi connectivity index (χ0n) is 19.5. The second-order valence-electron chi connectivity index (χ2n) is 9.16. The van der Waals surface area contributed by atoms with E-state index in [1.807, 2.05) is 47.4 Å². The minimum Gasteiger partial charge on any atom is -0.491 e. The van der Waals surface area contributed by atoms with Gasteiger partial charge in [0, 0.05) is 25.8 Å². The van der Waals surface area contributed by atoms with Gasteiger partial charge in [-0.25, -0.2) is 0 Å². The first-order chi connectivity index (χ1) is 16.1. The predicted molar refractivity (Wildman–Crippen MR) is 127 cm³/mol. The largest absolute Gasteiger partial charge is 0.491 e. The highest BCUT2D eigenvalue weighted by atomic mass is 16.5. The molecule has 2 aromatic rings. The molecule has 1 N–H and O–H groups in total. The quantitative estimate of drug-likeness (QED) is 0.768. The van der Waals surface area contributed by atoms with E-state index in [2.05, 4.69) is 11.4 Å². The van der Waals surface area contributed by atoms with Gasteiger partial charge in [-0.05, 0) is 61.4 Å². The lowest BCUT2D eigenvalue weighted by atomic mass is 9.74. The van der Waals surface area contributed by atoms with Gasteiger partial charge in [-0.2, -0.15) is 0 Å². The summed E-state index contributed by atoms with van der Waals surface area (Å²) < 4.78 is 11.2. The minimum atomic E-state index is -0.545. The Labute approximate surface area is 196 Å². The fourth-order valence-corrected chi connectivity index (χ4v) is 5.09. The van der Waals surface area contributed by atoms with Crippen LogP contribution in [0.3, 0.4) is 0 Å². The van der Waals surface area contributed by atoms with Crippen molar-refractivity contribution in [1.82, 2.24) is 10.2 Å². The van der Waals surface area contributed by atoms with Gasteiger partial charge < -0.3 is 19.7 Å². The maximum Gasteiger partial charge on any atom is 0.253 e. The lowest BCUT2D eigenvalue weighted by molar-refractivity contribution is -0.134. The van der Waals surface area contributed by atoms with E-state index in [1.54, 1.807) is 7.11 Å². The summed E-state index contributed by atoms with van der Waals surface area (Å²) in [6.45, 7) is 2.51. The Balaban J connectivity index is 1.49. The molecule has 1 fully saturated rings. The molecule has 6 nitrogen and oxygen atoms in total. The number of piperidine rings is 1. The third kappa shape index (κ3) is 5.56. The monoisotopic (exact) mass is 450 g/mol. The van der Waals surface area contributed by atoms with Crippen LogP contribution in [0.4, 0.5) is 0 Å². The average Bonchev–Trinajstić information content (AvgIpc) is 2.84. The van der Waals surface area contributed by atoms with Crippen molar-refractivity contribution in [3.63, 3.8) is 0 Å². The second kappa shape index (κ2) is 10.8. The van der Waals surface area contributed by atoms with Crippen molar-refractivity contribution in [2.45, 2.75) is 45.1 Å². The number of hydrogen-bond acceptors (Lipinski definition) is 4. The first-order valence-electron chi connectivity index (χ1n) is 12.0. The number of carbonyl (C=O) groups excluding carboxylic acids is 2. The molecule has 2 aliphatic rings. The number of benzene rings is 2. The van der Waals surface area contributed by atoms with Crippen LogP contribution in [0.1, 0.15) is 53.6 Å². The van der Waals surface area contributed by atoms with E-state index in [-0.39, 0.29) is 11.8 Å². The third-order valence-corrected chi connectivity index (χ3v) is 6.80. The highest BCUT2D eigenvalue weighted by molar-refractivity contribution is 5.95. The van der Waals surface area contributed by atoms with E-state index in [4.69, 9.17) is 9.47 Å². The molecule has 2 heterocycles. The maximum atomic E-state index is 13.4. The number of hydrogen-bond donors (Lipinski definition) is 1. The molecule has 4 rings (SSSR count). The molecule has 0 saturated carbocycles. The van der Waals surface area contributed by atoms with Crippen molar-refractivity contribution < 1.29 is 19.1 Å². The van der Waals surface area contributed by atoms with Crippen LogP contribution in [0.2, 0.25) is 0 Å². The molecular weight excluding hydrogens is 416 g/mol. The van der Waals surface area contributed by atoms with Gasteiger partial charge in [-0.15, -0.1) is 0 Å². The second-order valence-corrected chi connectivity index (χ2v) is 9.16. The first kappa shape index (κ1) is 23.3. The van der Waals surface area contributed by atoms with E-state index in [0.29, 0.717) is 38.4 Å². The fraction of sp³-hybridized carbons (Fsp3) is 0.481. The molecule has 1 spiro atoms. The molecule has 176 valence electrons. The molecule has 1 atom stereocenters. The number of amides is 2. The van der Waals surface area contributed by atoms with E-state index in [9.17, 15) is 9.59 Å². The highest BCUT2D eigenvalue weighted by Crippen LogP contribution is 2.37. The normalized spacial score (nSPS) is 21.8. The van der Waals surface area contributed by atoms with Crippen LogP contribution in [0, 0.1) is 5.41 Å². The van der Waals surface area contributed by atoms with Crippen LogP contribution in [-0.4, -0.2) is 50.1 Å². The number of nitrogens with one attached hydrogen (secondary N) is 1. The summed E-state index contributed by atoms with van der Waals surface area (Å²) in [4.78, 5) is 28.6. The number of nitrogens with zero attached hydrogens (tertiary/aromatic N) is 1. The van der Waals surface area contributed by atoms with Crippen LogP contribution in [0.15, 0.2) is 48.5 Å². The summed E-state index contributed by atoms with van der Waals surface area (Å²) >= 11 is 0. The molecule has 2 amide bonds. The van der Waals surface area contributed by atoms with Crippen molar-refractivity contribution in [2.75, 3.05) is 33.4 Å². The van der Waals surface area contributed by atoms with E-state index in [0.717, 1.165) is 49.8 Å². The Morgan fingerprint density at radius 1 is 1.12 bits per heavy atom. The zero-order valence-corrected chi connectivity index (χ0v) is 19.5. The molecule has 0 bridgehead atoms. The number of para-hydroxylation sites is 1. The summed E-state index contributed by atoms with van der Waals surface area (Å²) in [6.07, 6.45) is 5.29. The van der Waals surface area contributed by atoms with Gasteiger partial charge in [0.1, 0.15) is 12.4 Å². The Morgan fingerprint density at radius 3 is 2.85 bits per heavy atom. The van der Waals surface area contributed by atoms with Crippen LogP contribution in [-0.2, 0) is 22.6 Å². The Hall–Kier alpha value is -2.86. The predicted octanol–water partition coefficient (Wildman–Crippen LogP) is 3.98. The highest BCUT2D eigenvalue weighted by Gasteiger charge is 2.43. The van der Waals surface area contributed by atoms with Gasteiger partial charge >= 0.3 is 0 Å². The number of fused-ring (bicyclic) bond motifs is 1. The summed E-state index contributed by atoms with van der Waals surface area (Å²) in [5, 5.41) is 3.10. The topological polar surface area (TPSA) is 67.9 Å².